The minimum absolute atomic E-state index is 0.0305. The van der Waals surface area contributed by atoms with E-state index >= 15 is 0 Å². The number of nitrogens with zero attached hydrogens (tertiary/aromatic N) is 7. The summed E-state index contributed by atoms with van der Waals surface area (Å²) in [4.78, 5) is 7.40. The number of ether oxygens (including phenoxy) is 1. The monoisotopic (exact) mass is 502 g/mol. The van der Waals surface area contributed by atoms with Crippen molar-refractivity contribution >= 4 is 23.1 Å². The Morgan fingerprint density at radius 2 is 2.03 bits per heavy atom. The molecule has 10 nitrogen and oxygen atoms in total. The number of rotatable bonds is 3. The van der Waals surface area contributed by atoms with E-state index in [9.17, 15) is 5.11 Å². The van der Waals surface area contributed by atoms with Crippen LogP contribution in [0.15, 0.2) is 12.3 Å². The van der Waals surface area contributed by atoms with Gasteiger partial charge in [0.1, 0.15) is 12.1 Å². The molecule has 1 fully saturated rings. The molecule has 0 amide bonds. The van der Waals surface area contributed by atoms with Crippen LogP contribution in [0.2, 0.25) is 0 Å². The van der Waals surface area contributed by atoms with Gasteiger partial charge in [0, 0.05) is 36.6 Å². The molecule has 5 heterocycles. The molecule has 4 aromatic rings. The smallest absolute Gasteiger partial charge is 0.221 e. The number of aromatic amines is 1. The van der Waals surface area contributed by atoms with Gasteiger partial charge in [-0.05, 0) is 58.8 Å². The van der Waals surface area contributed by atoms with Gasteiger partial charge in [-0.25, -0.2) is 4.68 Å². The number of aryl methyl sites for hydroxylation is 3. The van der Waals surface area contributed by atoms with Crippen LogP contribution in [0.25, 0.3) is 34.3 Å². The minimum Gasteiger partial charge on any atom is -0.476 e. The lowest BCUT2D eigenvalue weighted by Gasteiger charge is -2.30. The second kappa shape index (κ2) is 9.11. The highest BCUT2D eigenvalue weighted by molar-refractivity contribution is 5.93. The van der Waals surface area contributed by atoms with Gasteiger partial charge in [-0.3, -0.25) is 19.7 Å². The van der Waals surface area contributed by atoms with Crippen molar-refractivity contribution in [2.24, 2.45) is 7.05 Å². The maximum Gasteiger partial charge on any atom is 0.221 e. The highest BCUT2D eigenvalue weighted by Gasteiger charge is 2.34. The van der Waals surface area contributed by atoms with E-state index in [0.29, 0.717) is 12.6 Å². The molecule has 1 aliphatic carbocycles. The molecule has 1 aliphatic heterocycles. The van der Waals surface area contributed by atoms with E-state index in [0.717, 1.165) is 62.9 Å². The van der Waals surface area contributed by atoms with Crippen LogP contribution in [0, 0.1) is 13.8 Å². The summed E-state index contributed by atoms with van der Waals surface area (Å²) in [5.74, 6) is 0.724. The molecular weight excluding hydrogens is 468 g/mol. The minimum atomic E-state index is -0.115. The molecule has 0 radical (unpaired) electrons. The first-order chi connectivity index (χ1) is 17.9. The zero-order valence-electron chi connectivity index (χ0n) is 22.1. The van der Waals surface area contributed by atoms with E-state index in [1.165, 1.54) is 12.8 Å². The summed E-state index contributed by atoms with van der Waals surface area (Å²) in [7, 11) is 1.92. The van der Waals surface area contributed by atoms with Crippen LogP contribution >= 0.6 is 0 Å². The van der Waals surface area contributed by atoms with E-state index in [2.05, 4.69) is 50.4 Å². The largest absolute Gasteiger partial charge is 0.476 e. The van der Waals surface area contributed by atoms with Gasteiger partial charge in [-0.15, -0.1) is 0 Å². The molecule has 1 saturated carbocycles. The van der Waals surface area contributed by atoms with Crippen LogP contribution in [-0.2, 0) is 13.6 Å². The highest BCUT2D eigenvalue weighted by Crippen LogP contribution is 2.36. The summed E-state index contributed by atoms with van der Waals surface area (Å²) in [6.45, 7) is 9.47. The van der Waals surface area contributed by atoms with E-state index in [1.807, 2.05) is 43.4 Å². The predicted octanol–water partition coefficient (Wildman–Crippen LogP) is 3.64. The normalized spacial score (nSPS) is 20.2. The molecule has 2 unspecified atom stereocenters. The Kier molecular flexibility index (Phi) is 5.88. The van der Waals surface area contributed by atoms with Gasteiger partial charge in [0.25, 0.3) is 0 Å². The zero-order chi connectivity index (χ0) is 25.8. The Morgan fingerprint density at radius 1 is 1.22 bits per heavy atom. The molecule has 2 atom stereocenters. The van der Waals surface area contributed by atoms with Crippen molar-refractivity contribution in [2.75, 3.05) is 13.2 Å². The van der Waals surface area contributed by atoms with Crippen LogP contribution in [0.1, 0.15) is 61.1 Å². The van der Waals surface area contributed by atoms with Gasteiger partial charge < -0.3 is 9.84 Å². The summed E-state index contributed by atoms with van der Waals surface area (Å²) in [6, 6.07) is 2.63. The number of aliphatic hydroxyl groups excluding tert-OH is 1. The first kappa shape index (κ1) is 23.9. The third-order valence-corrected chi connectivity index (χ3v) is 7.59. The number of H-pyrrole nitrogens is 1. The lowest BCUT2D eigenvalue weighted by Crippen LogP contribution is -2.39. The van der Waals surface area contributed by atoms with E-state index in [1.54, 1.807) is 0 Å². The van der Waals surface area contributed by atoms with E-state index in [4.69, 9.17) is 9.72 Å². The fraction of sp³-hybridized carbons (Fsp3) is 0.481. The predicted molar refractivity (Wildman–Crippen MR) is 142 cm³/mol. The second-order valence-electron chi connectivity index (χ2n) is 10.4. The molecule has 194 valence electrons. The van der Waals surface area contributed by atoms with Crippen molar-refractivity contribution in [2.45, 2.75) is 65.2 Å². The van der Waals surface area contributed by atoms with Crippen LogP contribution in [0.4, 0.5) is 0 Å². The number of hydrogen-bond acceptors (Lipinski definition) is 7. The average molecular weight is 503 g/mol. The molecule has 37 heavy (non-hydrogen) atoms. The van der Waals surface area contributed by atoms with Gasteiger partial charge >= 0.3 is 0 Å². The third kappa shape index (κ3) is 4.14. The zero-order valence-corrected chi connectivity index (χ0v) is 22.1. The SMILES string of the molecule is Cc1nn(C)c2c1-c1cc3c([nH]nc3c(C)n1)/C=C/c1cnn(C(C)CO)c1CN(C1CC1)C(C)CO2. The van der Waals surface area contributed by atoms with Crippen LogP contribution < -0.4 is 4.74 Å². The Balaban J connectivity index is 1.54. The summed E-state index contributed by atoms with van der Waals surface area (Å²) in [5, 5.41) is 28.0. The number of aliphatic hydroxyl groups is 1. The number of hydrogen-bond donors (Lipinski definition) is 2. The first-order valence-electron chi connectivity index (χ1n) is 13.0. The standard InChI is InChI=1S/C27H34N8O2/c1-15(13-36)35-24-12-34(20-7-8-20)16(2)14-37-27-25(17(3)32-33(27)5)23-10-21-22(9-6-19(24)11-28-35)30-31-26(21)18(4)29-23/h6,9-11,15-16,20,36H,7-8,12-14H2,1-5H3,(H,30,31)/b9-6+. The molecule has 0 spiro atoms. The Bertz CT molecular complexity index is 1490. The van der Waals surface area contributed by atoms with E-state index < -0.39 is 0 Å². The maximum atomic E-state index is 9.91. The van der Waals surface area contributed by atoms with Crippen LogP contribution in [0.3, 0.4) is 0 Å². The number of fused-ring (bicyclic) bond motifs is 4. The molecule has 0 aromatic carbocycles. The Hall–Kier alpha value is -3.50. The highest BCUT2D eigenvalue weighted by atomic mass is 16.5. The Morgan fingerprint density at radius 3 is 2.78 bits per heavy atom. The van der Waals surface area contributed by atoms with Gasteiger partial charge in [-0.1, -0.05) is 0 Å². The number of pyridine rings is 1. The van der Waals surface area contributed by atoms with Crippen molar-refractivity contribution < 1.29 is 9.84 Å². The molecule has 6 rings (SSSR count). The summed E-state index contributed by atoms with van der Waals surface area (Å²) in [5.41, 5.74) is 7.34. The van der Waals surface area contributed by atoms with Crippen LogP contribution in [-0.4, -0.2) is 70.0 Å². The van der Waals surface area contributed by atoms with Crippen LogP contribution in [0.5, 0.6) is 5.88 Å². The lowest BCUT2D eigenvalue weighted by atomic mass is 10.1. The van der Waals surface area contributed by atoms with Gasteiger partial charge in [-0.2, -0.15) is 15.3 Å². The molecule has 10 heteroatoms. The number of aromatic nitrogens is 7. The molecule has 4 aromatic heterocycles. The molecule has 2 bridgehead atoms. The molecular formula is C27H34N8O2. The van der Waals surface area contributed by atoms with Crippen molar-refractivity contribution in [3.8, 4) is 17.1 Å². The Labute approximate surface area is 215 Å². The van der Waals surface area contributed by atoms with Gasteiger partial charge in [0.2, 0.25) is 5.88 Å². The summed E-state index contributed by atoms with van der Waals surface area (Å²) in [6.07, 6.45) is 8.40. The quantitative estimate of drug-likeness (QED) is 0.440. The molecule has 2 aliphatic rings. The van der Waals surface area contributed by atoms with Gasteiger partial charge in [0.15, 0.2) is 0 Å². The van der Waals surface area contributed by atoms with Crippen molar-refractivity contribution in [3.05, 3.63) is 40.6 Å². The van der Waals surface area contributed by atoms with E-state index in [-0.39, 0.29) is 18.7 Å². The van der Waals surface area contributed by atoms with Crippen molar-refractivity contribution in [3.63, 3.8) is 0 Å². The van der Waals surface area contributed by atoms with Crippen molar-refractivity contribution in [1.29, 1.82) is 0 Å². The van der Waals surface area contributed by atoms with Crippen molar-refractivity contribution in [1.82, 2.24) is 39.6 Å². The number of nitrogens with one attached hydrogen (secondary N) is 1. The summed E-state index contributed by atoms with van der Waals surface area (Å²) < 4.78 is 10.3. The lowest BCUT2D eigenvalue weighted by molar-refractivity contribution is 0.122. The average Bonchev–Trinajstić information content (AvgIpc) is 3.40. The fourth-order valence-corrected chi connectivity index (χ4v) is 5.39. The summed E-state index contributed by atoms with van der Waals surface area (Å²) >= 11 is 0. The second-order valence-corrected chi connectivity index (χ2v) is 10.4. The van der Waals surface area contributed by atoms with Gasteiger partial charge in [0.05, 0.1) is 52.9 Å². The maximum absolute atomic E-state index is 9.91. The topological polar surface area (TPSA) is 110 Å². The fourth-order valence-electron chi connectivity index (χ4n) is 5.39. The first-order valence-corrected chi connectivity index (χ1v) is 13.0. The molecule has 2 N–H and O–H groups in total. The third-order valence-electron chi connectivity index (χ3n) is 7.59. The molecule has 0 saturated heterocycles.